The third kappa shape index (κ3) is 17.1. The van der Waals surface area contributed by atoms with Crippen molar-refractivity contribution in [1.82, 2.24) is 0 Å². The minimum absolute atomic E-state index is 0.575. The van der Waals surface area contributed by atoms with E-state index in [2.05, 4.69) is 38.7 Å². The zero-order valence-corrected chi connectivity index (χ0v) is 23.9. The van der Waals surface area contributed by atoms with Crippen molar-refractivity contribution in [3.63, 3.8) is 0 Å². The molecule has 3 atom stereocenters. The Hall–Kier alpha value is -1.02. The second-order valence-electron chi connectivity index (χ2n) is 10.9. The van der Waals surface area contributed by atoms with Gasteiger partial charge in [-0.25, -0.2) is 0 Å². The molecule has 2 nitrogen and oxygen atoms in total. The molecule has 204 valence electrons. The van der Waals surface area contributed by atoms with Crippen LogP contribution in [0.5, 0.6) is 0 Å². The van der Waals surface area contributed by atoms with E-state index in [1.165, 1.54) is 109 Å². The van der Waals surface area contributed by atoms with Crippen LogP contribution in [0.4, 0.5) is 0 Å². The number of rotatable bonds is 24. The first-order chi connectivity index (χ1) is 17.2. The van der Waals surface area contributed by atoms with Crippen LogP contribution >= 0.6 is 0 Å². The molecule has 0 aromatic heterocycles. The number of hydrogen-bond donors (Lipinski definition) is 0. The predicted octanol–water partition coefficient (Wildman–Crippen LogP) is 10.6. The third-order valence-electron chi connectivity index (χ3n) is 7.93. The second-order valence-corrected chi connectivity index (χ2v) is 10.9. The van der Waals surface area contributed by atoms with Crippen molar-refractivity contribution in [1.29, 1.82) is 0 Å². The summed E-state index contributed by atoms with van der Waals surface area (Å²) >= 11 is 0. The standard InChI is InChI=1S/C33H60O2/c1-5-8-10-12-14-16-18-28-35-33(7-3)27-26-30(29-34-4)21-19-23-32-25-20-24-31(32)22-17-15-13-11-9-6-2/h7,16,18,27,30-32H,3,5-6,8-15,17,19-26,28-29H2,1-2,4H3/b18-16?,33-27+/t30?,31-,32-/m0/s1. The van der Waals surface area contributed by atoms with E-state index in [4.69, 9.17) is 9.47 Å². The molecular weight excluding hydrogens is 428 g/mol. The van der Waals surface area contributed by atoms with Gasteiger partial charge in [-0.3, -0.25) is 0 Å². The molecule has 0 aromatic rings. The van der Waals surface area contributed by atoms with Crippen LogP contribution in [0.25, 0.3) is 0 Å². The molecule has 35 heavy (non-hydrogen) atoms. The average Bonchev–Trinajstić information content (AvgIpc) is 3.31. The van der Waals surface area contributed by atoms with Crippen LogP contribution in [0.2, 0.25) is 0 Å². The fourth-order valence-corrected chi connectivity index (χ4v) is 5.74. The Bertz CT molecular complexity index is 535. The summed E-state index contributed by atoms with van der Waals surface area (Å²) in [6.45, 7) is 9.99. The van der Waals surface area contributed by atoms with Crippen LogP contribution in [0, 0.1) is 17.8 Å². The highest BCUT2D eigenvalue weighted by molar-refractivity contribution is 5.09. The summed E-state index contributed by atoms with van der Waals surface area (Å²) in [5, 5.41) is 0. The van der Waals surface area contributed by atoms with Crippen molar-refractivity contribution in [2.24, 2.45) is 17.8 Å². The van der Waals surface area contributed by atoms with E-state index in [0.717, 1.165) is 37.0 Å². The molecule has 0 radical (unpaired) electrons. The number of allylic oxidation sites excluding steroid dienone is 3. The Morgan fingerprint density at radius 1 is 0.857 bits per heavy atom. The average molecular weight is 489 g/mol. The van der Waals surface area contributed by atoms with E-state index in [0.29, 0.717) is 12.5 Å². The van der Waals surface area contributed by atoms with Crippen molar-refractivity contribution in [2.75, 3.05) is 20.3 Å². The summed E-state index contributed by atoms with van der Waals surface area (Å²) in [7, 11) is 1.83. The van der Waals surface area contributed by atoms with E-state index in [9.17, 15) is 0 Å². The van der Waals surface area contributed by atoms with Gasteiger partial charge in [0, 0.05) is 13.7 Å². The smallest absolute Gasteiger partial charge is 0.115 e. The third-order valence-corrected chi connectivity index (χ3v) is 7.93. The SMILES string of the molecule is C=C/C(=C\CC(CCC[C@H]1CCC[C@@H]1CCCCCCCC)COC)OCC=CCCCCCC. The summed E-state index contributed by atoms with van der Waals surface area (Å²) in [6, 6.07) is 0. The lowest BCUT2D eigenvalue weighted by atomic mass is 9.85. The number of unbranched alkanes of at least 4 members (excludes halogenated alkanes) is 9. The van der Waals surface area contributed by atoms with Gasteiger partial charge >= 0.3 is 0 Å². The molecule has 1 rings (SSSR count). The highest BCUT2D eigenvalue weighted by Crippen LogP contribution is 2.38. The fourth-order valence-electron chi connectivity index (χ4n) is 5.74. The summed E-state index contributed by atoms with van der Waals surface area (Å²) in [4.78, 5) is 0. The largest absolute Gasteiger partial charge is 0.490 e. The molecule has 0 heterocycles. The number of hydrogen-bond acceptors (Lipinski definition) is 2. The Balaban J connectivity index is 2.29. The minimum Gasteiger partial charge on any atom is -0.490 e. The van der Waals surface area contributed by atoms with E-state index < -0.39 is 0 Å². The van der Waals surface area contributed by atoms with Crippen molar-refractivity contribution in [3.8, 4) is 0 Å². The van der Waals surface area contributed by atoms with E-state index in [1.54, 1.807) is 0 Å². The number of methoxy groups -OCH3 is 1. The fraction of sp³-hybridized carbons (Fsp3) is 0.818. The van der Waals surface area contributed by atoms with E-state index in [1.807, 2.05) is 13.2 Å². The summed E-state index contributed by atoms with van der Waals surface area (Å²) in [5.74, 6) is 3.47. The molecule has 0 spiro atoms. The van der Waals surface area contributed by atoms with Gasteiger partial charge in [-0.05, 0) is 55.6 Å². The first-order valence-corrected chi connectivity index (χ1v) is 15.3. The Labute approximate surface area is 220 Å². The highest BCUT2D eigenvalue weighted by Gasteiger charge is 2.26. The molecule has 0 amide bonds. The van der Waals surface area contributed by atoms with Crippen LogP contribution in [0.15, 0.2) is 36.6 Å². The highest BCUT2D eigenvalue weighted by atomic mass is 16.5. The maximum absolute atomic E-state index is 5.93. The van der Waals surface area contributed by atoms with E-state index >= 15 is 0 Å². The Morgan fingerprint density at radius 3 is 2.20 bits per heavy atom. The van der Waals surface area contributed by atoms with Gasteiger partial charge in [0.25, 0.3) is 0 Å². The first-order valence-electron chi connectivity index (χ1n) is 15.3. The van der Waals surface area contributed by atoms with Gasteiger partial charge in [0.05, 0.1) is 0 Å². The molecule has 0 N–H and O–H groups in total. The normalized spacial score (nSPS) is 19.5. The van der Waals surface area contributed by atoms with Gasteiger partial charge in [-0.15, -0.1) is 0 Å². The second kappa shape index (κ2) is 23.4. The molecule has 0 bridgehead atoms. The monoisotopic (exact) mass is 488 g/mol. The Kier molecular flexibility index (Phi) is 21.4. The van der Waals surface area contributed by atoms with Crippen LogP contribution in [0.3, 0.4) is 0 Å². The molecule has 0 aliphatic heterocycles. The molecule has 0 aromatic carbocycles. The summed E-state index contributed by atoms with van der Waals surface area (Å²) in [5.41, 5.74) is 0. The maximum atomic E-state index is 5.93. The lowest BCUT2D eigenvalue weighted by Gasteiger charge is -2.21. The molecule has 1 unspecified atom stereocenters. The van der Waals surface area contributed by atoms with Gasteiger partial charge in [0.15, 0.2) is 0 Å². The zero-order valence-electron chi connectivity index (χ0n) is 23.9. The lowest BCUT2D eigenvalue weighted by molar-refractivity contribution is 0.145. The van der Waals surface area contributed by atoms with Crippen molar-refractivity contribution in [2.45, 2.75) is 136 Å². The summed E-state index contributed by atoms with van der Waals surface area (Å²) < 4.78 is 11.5. The van der Waals surface area contributed by atoms with Gasteiger partial charge in [-0.2, -0.15) is 0 Å². The molecule has 1 saturated carbocycles. The topological polar surface area (TPSA) is 18.5 Å². The molecule has 0 saturated heterocycles. The molecular formula is C33H60O2. The predicted molar refractivity (Wildman–Crippen MR) is 155 cm³/mol. The van der Waals surface area contributed by atoms with Crippen molar-refractivity contribution in [3.05, 3.63) is 36.6 Å². The number of ether oxygens (including phenoxy) is 2. The molecule has 2 heteroatoms. The Morgan fingerprint density at radius 2 is 1.51 bits per heavy atom. The maximum Gasteiger partial charge on any atom is 0.115 e. The van der Waals surface area contributed by atoms with Gasteiger partial charge in [0.1, 0.15) is 12.4 Å². The van der Waals surface area contributed by atoms with Gasteiger partial charge in [0.2, 0.25) is 0 Å². The minimum atomic E-state index is 0.575. The summed E-state index contributed by atoms with van der Waals surface area (Å²) in [6.07, 6.45) is 34.4. The van der Waals surface area contributed by atoms with Crippen LogP contribution in [-0.4, -0.2) is 20.3 Å². The molecule has 1 aliphatic rings. The molecule has 1 fully saturated rings. The van der Waals surface area contributed by atoms with Crippen molar-refractivity contribution >= 4 is 0 Å². The van der Waals surface area contributed by atoms with Crippen LogP contribution in [-0.2, 0) is 9.47 Å². The van der Waals surface area contributed by atoms with E-state index in [-0.39, 0.29) is 0 Å². The zero-order chi connectivity index (χ0) is 25.4. The van der Waals surface area contributed by atoms with Crippen molar-refractivity contribution < 1.29 is 9.47 Å². The van der Waals surface area contributed by atoms with Gasteiger partial charge < -0.3 is 9.47 Å². The van der Waals surface area contributed by atoms with Gasteiger partial charge in [-0.1, -0.05) is 129 Å². The lowest BCUT2D eigenvalue weighted by Crippen LogP contribution is -2.11. The molecule has 1 aliphatic carbocycles. The van der Waals surface area contributed by atoms with Crippen LogP contribution < -0.4 is 0 Å². The first kappa shape index (κ1) is 32.0. The quantitative estimate of drug-likeness (QED) is 0.0582. The van der Waals surface area contributed by atoms with Crippen LogP contribution in [0.1, 0.15) is 136 Å².